The average molecular weight is 558 g/mol. The molecule has 2 saturated heterocycles. The highest BCUT2D eigenvalue weighted by Gasteiger charge is 2.40. The number of ether oxygens (including phenoxy) is 2. The molecule has 2 N–H and O–H groups in total. The lowest BCUT2D eigenvalue weighted by Gasteiger charge is -2.35. The van der Waals surface area contributed by atoms with Gasteiger partial charge >= 0.3 is 24.3 Å². The van der Waals surface area contributed by atoms with E-state index in [1.165, 1.54) is 11.3 Å². The molecule has 2 aliphatic rings. The van der Waals surface area contributed by atoms with Gasteiger partial charge in [0.25, 0.3) is 0 Å². The number of aromatic nitrogens is 1. The minimum absolute atomic E-state index is 0.207. The number of nitrogens with zero attached hydrogens (tertiary/aromatic N) is 2. The number of likely N-dealkylation sites (tertiary alicyclic amines) is 1. The van der Waals surface area contributed by atoms with Gasteiger partial charge in [-0.15, -0.1) is 11.3 Å². The van der Waals surface area contributed by atoms with Crippen molar-refractivity contribution in [1.29, 1.82) is 0 Å². The van der Waals surface area contributed by atoms with Crippen molar-refractivity contribution in [2.45, 2.75) is 56.4 Å². The molecular formula is C22H24F6N2O6S. The molecule has 37 heavy (non-hydrogen) atoms. The zero-order valence-electron chi connectivity index (χ0n) is 19.1. The molecule has 8 nitrogen and oxygen atoms in total. The van der Waals surface area contributed by atoms with Crippen LogP contribution in [0.4, 0.5) is 26.3 Å². The van der Waals surface area contributed by atoms with Crippen LogP contribution in [0.15, 0.2) is 42.0 Å². The van der Waals surface area contributed by atoms with Gasteiger partial charge in [-0.2, -0.15) is 26.3 Å². The van der Waals surface area contributed by atoms with Crippen LogP contribution in [0.5, 0.6) is 5.75 Å². The lowest BCUT2D eigenvalue weighted by atomic mass is 9.99. The number of rotatable bonds is 5. The van der Waals surface area contributed by atoms with Crippen molar-refractivity contribution in [3.8, 4) is 5.75 Å². The average Bonchev–Trinajstić information content (AvgIpc) is 3.48. The zero-order valence-corrected chi connectivity index (χ0v) is 19.9. The summed E-state index contributed by atoms with van der Waals surface area (Å²) < 4.78 is 75.6. The van der Waals surface area contributed by atoms with Gasteiger partial charge in [-0.3, -0.25) is 9.88 Å². The third kappa shape index (κ3) is 10.5. The Morgan fingerprint density at radius 3 is 2.22 bits per heavy atom. The number of carbonyl (C=O) groups is 2. The van der Waals surface area contributed by atoms with Crippen molar-refractivity contribution in [3.63, 3.8) is 0 Å². The number of hydrogen-bond acceptors (Lipinski definition) is 7. The molecule has 0 unspecified atom stereocenters. The Morgan fingerprint density at radius 1 is 1.05 bits per heavy atom. The van der Waals surface area contributed by atoms with E-state index in [-0.39, 0.29) is 6.10 Å². The summed E-state index contributed by atoms with van der Waals surface area (Å²) in [7, 11) is 0. The topological polar surface area (TPSA) is 109 Å². The van der Waals surface area contributed by atoms with Gasteiger partial charge in [-0.05, 0) is 42.8 Å². The van der Waals surface area contributed by atoms with Gasteiger partial charge in [-0.25, -0.2) is 9.59 Å². The van der Waals surface area contributed by atoms with E-state index in [1.54, 1.807) is 12.4 Å². The highest BCUT2D eigenvalue weighted by Crippen LogP contribution is 2.33. The fraction of sp³-hybridized carbons (Fsp3) is 0.500. The summed E-state index contributed by atoms with van der Waals surface area (Å²) in [5.41, 5.74) is 0. The first-order valence-electron chi connectivity index (χ1n) is 10.8. The first kappa shape index (κ1) is 30.3. The molecule has 3 atom stereocenters. The van der Waals surface area contributed by atoms with Crippen molar-refractivity contribution in [2.75, 3.05) is 13.2 Å². The molecule has 0 spiro atoms. The molecular weight excluding hydrogens is 534 g/mol. The number of carboxylic acids is 2. The van der Waals surface area contributed by atoms with Gasteiger partial charge in [0.15, 0.2) is 0 Å². The number of halogens is 6. The Bertz CT molecular complexity index is 950. The van der Waals surface area contributed by atoms with Crippen LogP contribution in [0.3, 0.4) is 0 Å². The zero-order chi connectivity index (χ0) is 27.6. The number of hydrogen-bond donors (Lipinski definition) is 2. The van der Waals surface area contributed by atoms with Crippen LogP contribution in [0.25, 0.3) is 0 Å². The van der Waals surface area contributed by atoms with Gasteiger partial charge in [0, 0.05) is 30.2 Å². The Kier molecular flexibility index (Phi) is 11.1. The molecule has 0 aliphatic carbocycles. The van der Waals surface area contributed by atoms with Crippen molar-refractivity contribution in [2.24, 2.45) is 0 Å². The second-order valence-corrected chi connectivity index (χ2v) is 8.92. The van der Waals surface area contributed by atoms with Gasteiger partial charge in [-0.1, -0.05) is 6.07 Å². The summed E-state index contributed by atoms with van der Waals surface area (Å²) in [6.07, 6.45) is -2.66. The van der Waals surface area contributed by atoms with E-state index in [0.717, 1.165) is 31.7 Å². The maximum atomic E-state index is 10.6. The molecule has 0 aromatic carbocycles. The minimum atomic E-state index is -5.08. The Hall–Kier alpha value is -2.91. The monoisotopic (exact) mass is 558 g/mol. The van der Waals surface area contributed by atoms with Gasteiger partial charge in [0.1, 0.15) is 12.4 Å². The highest BCUT2D eigenvalue weighted by molar-refractivity contribution is 7.09. The predicted octanol–water partition coefficient (Wildman–Crippen LogP) is 4.61. The molecule has 0 amide bonds. The molecule has 4 heterocycles. The summed E-state index contributed by atoms with van der Waals surface area (Å²) in [5, 5.41) is 16.4. The van der Waals surface area contributed by atoms with Crippen LogP contribution in [0.2, 0.25) is 0 Å². The second-order valence-electron chi connectivity index (χ2n) is 7.89. The van der Waals surface area contributed by atoms with Gasteiger partial charge in [0.05, 0.1) is 18.4 Å². The summed E-state index contributed by atoms with van der Waals surface area (Å²) in [6.45, 7) is 2.84. The van der Waals surface area contributed by atoms with E-state index in [4.69, 9.17) is 29.3 Å². The molecule has 2 fully saturated rings. The third-order valence-electron chi connectivity index (χ3n) is 5.24. The molecule has 0 saturated carbocycles. The Morgan fingerprint density at radius 2 is 1.70 bits per heavy atom. The van der Waals surface area contributed by atoms with Crippen LogP contribution in [0, 0.1) is 0 Å². The fourth-order valence-electron chi connectivity index (χ4n) is 3.63. The largest absolute Gasteiger partial charge is 0.490 e. The first-order chi connectivity index (χ1) is 17.3. The Balaban J connectivity index is 0.000000286. The van der Waals surface area contributed by atoms with E-state index >= 15 is 0 Å². The van der Waals surface area contributed by atoms with Crippen LogP contribution in [-0.4, -0.2) is 75.8 Å². The summed E-state index contributed by atoms with van der Waals surface area (Å²) >= 11 is 1.85. The highest BCUT2D eigenvalue weighted by atomic mass is 32.1. The van der Waals surface area contributed by atoms with Gasteiger partial charge < -0.3 is 19.7 Å². The summed E-state index contributed by atoms with van der Waals surface area (Å²) in [6, 6.07) is 8.78. The first-order valence-corrected chi connectivity index (χ1v) is 11.7. The number of pyridine rings is 1. The molecule has 206 valence electrons. The summed E-state index contributed by atoms with van der Waals surface area (Å²) in [4.78, 5) is 25.9. The molecule has 2 aliphatic heterocycles. The Labute approximate surface area is 211 Å². The molecule has 2 aromatic rings. The maximum Gasteiger partial charge on any atom is 0.490 e. The normalized spacial score (nSPS) is 21.5. The van der Waals surface area contributed by atoms with Gasteiger partial charge in [0.2, 0.25) is 0 Å². The summed E-state index contributed by atoms with van der Waals surface area (Å²) in [5.74, 6) is -4.69. The van der Waals surface area contributed by atoms with Crippen molar-refractivity contribution < 1.29 is 55.6 Å². The van der Waals surface area contributed by atoms with Crippen molar-refractivity contribution >= 4 is 23.3 Å². The number of fused-ring (bicyclic) bond motifs is 1. The van der Waals surface area contributed by atoms with Crippen molar-refractivity contribution in [3.05, 3.63) is 46.9 Å². The maximum absolute atomic E-state index is 10.6. The predicted molar refractivity (Wildman–Crippen MR) is 118 cm³/mol. The van der Waals surface area contributed by atoms with Crippen LogP contribution in [0.1, 0.15) is 24.1 Å². The van der Waals surface area contributed by atoms with Crippen molar-refractivity contribution in [1.82, 2.24) is 9.88 Å². The molecule has 4 rings (SSSR count). The number of alkyl halides is 6. The van der Waals surface area contributed by atoms with E-state index in [0.29, 0.717) is 18.8 Å². The lowest BCUT2D eigenvalue weighted by Crippen LogP contribution is -2.43. The van der Waals surface area contributed by atoms with E-state index in [2.05, 4.69) is 27.4 Å². The standard InChI is InChI=1S/C18H22N2O2S.2C2HF3O2/c1-3-14(11-19-8-1)21-13-15-5-6-17-18(22-15)7-9-20(17)12-16-4-2-10-23-16;2*3-2(4,5)1(6)7/h1-4,8,10-11,15,17-18H,5-7,9,12-13H2;2*(H,6,7)/t15-,17-,18-;;/m0../s1. The molecule has 2 aromatic heterocycles. The van der Waals surface area contributed by atoms with Crippen LogP contribution in [-0.2, 0) is 20.9 Å². The smallest absolute Gasteiger partial charge is 0.489 e. The molecule has 15 heteroatoms. The number of carboxylic acid groups (broad SMARTS) is 2. The molecule has 0 bridgehead atoms. The molecule has 0 radical (unpaired) electrons. The van der Waals surface area contributed by atoms with Crippen LogP contribution < -0.4 is 4.74 Å². The van der Waals surface area contributed by atoms with Crippen LogP contribution >= 0.6 is 11.3 Å². The second kappa shape index (κ2) is 13.6. The lowest BCUT2D eigenvalue weighted by molar-refractivity contribution is -0.193. The minimum Gasteiger partial charge on any atom is -0.489 e. The third-order valence-corrected chi connectivity index (χ3v) is 6.11. The SMILES string of the molecule is O=C(O)C(F)(F)F.O=C(O)C(F)(F)F.c1cncc(OC[C@@H]2CC[C@H]3[C@H](CCN3Cc3cccs3)O2)c1. The number of aliphatic carboxylic acids is 2. The number of thiophene rings is 1. The quantitative estimate of drug-likeness (QED) is 0.513. The van der Waals surface area contributed by atoms with E-state index in [9.17, 15) is 26.3 Å². The van der Waals surface area contributed by atoms with E-state index < -0.39 is 24.3 Å². The van der Waals surface area contributed by atoms with E-state index in [1.807, 2.05) is 23.5 Å². The fourth-order valence-corrected chi connectivity index (χ4v) is 4.36.